The minimum atomic E-state index is 0.565. The van der Waals surface area contributed by atoms with E-state index in [1.165, 1.54) is 0 Å². The molecule has 0 unspecified atom stereocenters. The van der Waals surface area contributed by atoms with Crippen molar-refractivity contribution in [3.05, 3.63) is 34.4 Å². The Labute approximate surface area is 117 Å². The highest BCUT2D eigenvalue weighted by Crippen LogP contribution is 2.32. The Balaban J connectivity index is 2.35. The van der Waals surface area contributed by atoms with Crippen molar-refractivity contribution >= 4 is 28.9 Å². The molecule has 3 nitrogen and oxygen atoms in total. The van der Waals surface area contributed by atoms with Crippen LogP contribution in [0.2, 0.25) is 10.0 Å². The van der Waals surface area contributed by atoms with E-state index < -0.39 is 0 Å². The molecule has 2 aromatic rings. The SMILES string of the molecule is CCCCn1cc(N)c(-c2ccc(Cl)cc2Cl)n1. The second kappa shape index (κ2) is 5.63. The molecule has 0 aliphatic rings. The highest BCUT2D eigenvalue weighted by molar-refractivity contribution is 6.36. The zero-order valence-corrected chi connectivity index (χ0v) is 11.7. The molecule has 18 heavy (non-hydrogen) atoms. The summed E-state index contributed by atoms with van der Waals surface area (Å²) in [4.78, 5) is 0. The normalized spacial score (nSPS) is 10.8. The van der Waals surface area contributed by atoms with Gasteiger partial charge in [0.2, 0.25) is 0 Å². The topological polar surface area (TPSA) is 43.8 Å². The van der Waals surface area contributed by atoms with E-state index in [1.54, 1.807) is 12.1 Å². The summed E-state index contributed by atoms with van der Waals surface area (Å²) < 4.78 is 1.86. The number of halogens is 2. The fourth-order valence-electron chi connectivity index (χ4n) is 1.76. The van der Waals surface area contributed by atoms with Gasteiger partial charge in [0.15, 0.2) is 0 Å². The Morgan fingerprint density at radius 1 is 1.33 bits per heavy atom. The maximum Gasteiger partial charge on any atom is 0.117 e. The van der Waals surface area contributed by atoms with Gasteiger partial charge in [-0.15, -0.1) is 0 Å². The molecular formula is C13H15Cl2N3. The summed E-state index contributed by atoms with van der Waals surface area (Å²) in [6.45, 7) is 3.01. The molecule has 5 heteroatoms. The van der Waals surface area contributed by atoms with Gasteiger partial charge in [0, 0.05) is 23.3 Å². The first kappa shape index (κ1) is 13.2. The summed E-state index contributed by atoms with van der Waals surface area (Å²) >= 11 is 12.0. The van der Waals surface area contributed by atoms with Crippen LogP contribution in [-0.4, -0.2) is 9.78 Å². The van der Waals surface area contributed by atoms with Crippen molar-refractivity contribution in [2.45, 2.75) is 26.3 Å². The van der Waals surface area contributed by atoms with Gasteiger partial charge in [-0.3, -0.25) is 4.68 Å². The summed E-state index contributed by atoms with van der Waals surface area (Å²) in [5, 5.41) is 5.64. The number of rotatable bonds is 4. The van der Waals surface area contributed by atoms with Crippen LogP contribution in [0.3, 0.4) is 0 Å². The number of unbranched alkanes of at least 4 members (excludes halogenated alkanes) is 1. The first-order valence-corrected chi connectivity index (χ1v) is 6.65. The average Bonchev–Trinajstić information content (AvgIpc) is 2.68. The van der Waals surface area contributed by atoms with E-state index >= 15 is 0 Å². The van der Waals surface area contributed by atoms with Gasteiger partial charge in [0.25, 0.3) is 0 Å². The molecule has 1 aromatic heterocycles. The number of hydrogen-bond acceptors (Lipinski definition) is 2. The molecule has 0 spiro atoms. The van der Waals surface area contributed by atoms with Crippen LogP contribution in [0, 0.1) is 0 Å². The van der Waals surface area contributed by atoms with Gasteiger partial charge >= 0.3 is 0 Å². The predicted molar refractivity (Wildman–Crippen MR) is 77.0 cm³/mol. The quantitative estimate of drug-likeness (QED) is 0.912. The second-order valence-corrected chi connectivity index (χ2v) is 5.02. The van der Waals surface area contributed by atoms with Crippen LogP contribution >= 0.6 is 23.2 Å². The van der Waals surface area contributed by atoms with Crippen LogP contribution in [0.1, 0.15) is 19.8 Å². The highest BCUT2D eigenvalue weighted by Gasteiger charge is 2.12. The van der Waals surface area contributed by atoms with Crippen LogP contribution in [-0.2, 0) is 6.54 Å². The zero-order valence-electron chi connectivity index (χ0n) is 10.2. The van der Waals surface area contributed by atoms with E-state index in [0.717, 1.165) is 24.9 Å². The van der Waals surface area contributed by atoms with Gasteiger partial charge in [-0.1, -0.05) is 36.5 Å². The van der Waals surface area contributed by atoms with Gasteiger partial charge in [0.05, 0.1) is 10.7 Å². The Morgan fingerprint density at radius 2 is 2.11 bits per heavy atom. The van der Waals surface area contributed by atoms with Gasteiger partial charge in [-0.05, 0) is 24.6 Å². The van der Waals surface area contributed by atoms with Crippen LogP contribution < -0.4 is 5.73 Å². The number of aromatic nitrogens is 2. The van der Waals surface area contributed by atoms with Crippen molar-refractivity contribution in [2.75, 3.05) is 5.73 Å². The third-order valence-corrected chi connectivity index (χ3v) is 3.26. The fourth-order valence-corrected chi connectivity index (χ4v) is 2.26. The third kappa shape index (κ3) is 2.79. The molecule has 96 valence electrons. The average molecular weight is 284 g/mol. The molecule has 0 amide bonds. The standard InChI is InChI=1S/C13H15Cl2N3/c1-2-3-6-18-8-12(16)13(17-18)10-5-4-9(14)7-11(10)15/h4-5,7-8H,2-3,6,16H2,1H3. The maximum atomic E-state index is 6.16. The minimum absolute atomic E-state index is 0.565. The number of nitrogen functional groups attached to an aromatic ring is 1. The molecule has 1 heterocycles. The molecule has 1 aromatic carbocycles. The maximum absolute atomic E-state index is 6.16. The lowest BCUT2D eigenvalue weighted by molar-refractivity contribution is 0.573. The monoisotopic (exact) mass is 283 g/mol. The number of nitrogens with two attached hydrogens (primary N) is 1. The summed E-state index contributed by atoms with van der Waals surface area (Å²) in [7, 11) is 0. The number of hydrogen-bond donors (Lipinski definition) is 1. The number of aryl methyl sites for hydroxylation is 1. The minimum Gasteiger partial charge on any atom is -0.396 e. The highest BCUT2D eigenvalue weighted by atomic mass is 35.5. The van der Waals surface area contributed by atoms with Gasteiger partial charge < -0.3 is 5.73 Å². The zero-order chi connectivity index (χ0) is 13.1. The lowest BCUT2D eigenvalue weighted by atomic mass is 10.1. The van der Waals surface area contributed by atoms with E-state index in [4.69, 9.17) is 28.9 Å². The second-order valence-electron chi connectivity index (χ2n) is 4.17. The van der Waals surface area contributed by atoms with E-state index in [1.807, 2.05) is 16.9 Å². The van der Waals surface area contributed by atoms with E-state index in [2.05, 4.69) is 12.0 Å². The fraction of sp³-hybridized carbons (Fsp3) is 0.308. The van der Waals surface area contributed by atoms with E-state index in [9.17, 15) is 0 Å². The summed E-state index contributed by atoms with van der Waals surface area (Å²) in [5.41, 5.74) is 8.14. The first-order chi connectivity index (χ1) is 8.61. The lowest BCUT2D eigenvalue weighted by Gasteiger charge is -2.02. The summed E-state index contributed by atoms with van der Waals surface area (Å²) in [6.07, 6.45) is 4.04. The van der Waals surface area contributed by atoms with Crippen LogP contribution in [0.5, 0.6) is 0 Å². The van der Waals surface area contributed by atoms with Gasteiger partial charge in [0.1, 0.15) is 5.69 Å². The Morgan fingerprint density at radius 3 is 2.78 bits per heavy atom. The summed E-state index contributed by atoms with van der Waals surface area (Å²) in [6, 6.07) is 5.32. The van der Waals surface area contributed by atoms with Crippen molar-refractivity contribution in [3.8, 4) is 11.3 Å². The van der Waals surface area contributed by atoms with Gasteiger partial charge in [-0.25, -0.2) is 0 Å². The van der Waals surface area contributed by atoms with Crippen LogP contribution in [0.4, 0.5) is 5.69 Å². The number of anilines is 1. The number of nitrogens with zero attached hydrogens (tertiary/aromatic N) is 2. The third-order valence-electron chi connectivity index (χ3n) is 2.72. The molecule has 2 N–H and O–H groups in total. The molecule has 0 fully saturated rings. The van der Waals surface area contributed by atoms with Crippen molar-refractivity contribution in [1.82, 2.24) is 9.78 Å². The molecule has 0 aliphatic carbocycles. The molecule has 0 radical (unpaired) electrons. The van der Waals surface area contributed by atoms with Crippen LogP contribution in [0.15, 0.2) is 24.4 Å². The van der Waals surface area contributed by atoms with Crippen molar-refractivity contribution in [2.24, 2.45) is 0 Å². The lowest BCUT2D eigenvalue weighted by Crippen LogP contribution is -1.98. The molecular weight excluding hydrogens is 269 g/mol. The van der Waals surface area contributed by atoms with Crippen molar-refractivity contribution in [3.63, 3.8) is 0 Å². The van der Waals surface area contributed by atoms with E-state index in [0.29, 0.717) is 21.4 Å². The Bertz CT molecular complexity index is 549. The first-order valence-electron chi connectivity index (χ1n) is 5.90. The summed E-state index contributed by atoms with van der Waals surface area (Å²) in [5.74, 6) is 0. The molecule has 2 rings (SSSR count). The molecule has 0 saturated heterocycles. The van der Waals surface area contributed by atoms with Crippen molar-refractivity contribution in [1.29, 1.82) is 0 Å². The Hall–Kier alpha value is -1.19. The largest absolute Gasteiger partial charge is 0.396 e. The van der Waals surface area contributed by atoms with Crippen molar-refractivity contribution < 1.29 is 0 Å². The van der Waals surface area contributed by atoms with Gasteiger partial charge in [-0.2, -0.15) is 5.10 Å². The smallest absolute Gasteiger partial charge is 0.117 e. The van der Waals surface area contributed by atoms with Crippen LogP contribution in [0.25, 0.3) is 11.3 Å². The molecule has 0 atom stereocenters. The number of benzene rings is 1. The predicted octanol–water partition coefficient (Wildman–Crippen LogP) is 4.24. The Kier molecular flexibility index (Phi) is 4.15. The molecule has 0 bridgehead atoms. The van der Waals surface area contributed by atoms with E-state index in [-0.39, 0.29) is 0 Å². The molecule has 0 aliphatic heterocycles. The molecule has 0 saturated carbocycles.